The summed E-state index contributed by atoms with van der Waals surface area (Å²) in [6.07, 6.45) is 2.38. The van der Waals surface area contributed by atoms with Gasteiger partial charge in [-0.25, -0.2) is 0 Å². The van der Waals surface area contributed by atoms with Crippen molar-refractivity contribution < 1.29 is 4.74 Å². The first-order valence-electron chi connectivity index (χ1n) is 5.13. The third-order valence-corrected chi connectivity index (χ3v) is 4.97. The van der Waals surface area contributed by atoms with E-state index in [2.05, 4.69) is 12.1 Å². The highest BCUT2D eigenvalue weighted by atomic mass is 32.2. The highest BCUT2D eigenvalue weighted by Crippen LogP contribution is 2.22. The van der Waals surface area contributed by atoms with Gasteiger partial charge in [-0.1, -0.05) is 30.0 Å². The largest absolute Gasteiger partial charge is 0.496 e. The van der Waals surface area contributed by atoms with Gasteiger partial charge in [-0.2, -0.15) is 0 Å². The van der Waals surface area contributed by atoms with E-state index >= 15 is 0 Å². The van der Waals surface area contributed by atoms with Crippen molar-refractivity contribution in [2.24, 2.45) is 0 Å². The Hall–Kier alpha value is -0.540. The number of hydrogen-bond donors (Lipinski definition) is 0. The van der Waals surface area contributed by atoms with Crippen LogP contribution in [0.15, 0.2) is 24.3 Å². The SMILES string of the molecule is COc1ccccc1CC1=[S+]CCCS1. The van der Waals surface area contributed by atoms with Crippen LogP contribution in [0.2, 0.25) is 0 Å². The van der Waals surface area contributed by atoms with Crippen LogP contribution in [-0.4, -0.2) is 22.8 Å². The van der Waals surface area contributed by atoms with Crippen LogP contribution in [0.25, 0.3) is 0 Å². The maximum absolute atomic E-state index is 5.36. The molecule has 2 rings (SSSR count). The molecule has 0 saturated heterocycles. The van der Waals surface area contributed by atoms with Crippen molar-refractivity contribution >= 4 is 27.3 Å². The molecule has 1 aromatic rings. The van der Waals surface area contributed by atoms with E-state index in [0.717, 1.165) is 12.2 Å². The minimum absolute atomic E-state index is 1.01. The predicted molar refractivity (Wildman–Crippen MR) is 71.0 cm³/mol. The third kappa shape index (κ3) is 2.95. The zero-order valence-corrected chi connectivity index (χ0v) is 10.5. The second-order valence-electron chi connectivity index (χ2n) is 3.41. The molecule has 0 atom stereocenters. The number of hydrogen-bond acceptors (Lipinski definition) is 2. The van der Waals surface area contributed by atoms with Gasteiger partial charge in [-0.05, 0) is 6.07 Å². The molecule has 3 heteroatoms. The van der Waals surface area contributed by atoms with Gasteiger partial charge in [0.15, 0.2) is 17.1 Å². The highest BCUT2D eigenvalue weighted by Gasteiger charge is 2.18. The number of para-hydroxylation sites is 1. The lowest BCUT2D eigenvalue weighted by Gasteiger charge is -2.07. The Morgan fingerprint density at radius 2 is 2.27 bits per heavy atom. The molecule has 1 nitrogen and oxygen atoms in total. The predicted octanol–water partition coefficient (Wildman–Crippen LogP) is 2.59. The second kappa shape index (κ2) is 5.52. The fraction of sp³-hybridized carbons (Fsp3) is 0.417. The lowest BCUT2D eigenvalue weighted by atomic mass is 10.1. The molecule has 15 heavy (non-hydrogen) atoms. The Bertz CT molecular complexity index is 360. The highest BCUT2D eigenvalue weighted by molar-refractivity contribution is 8.22. The van der Waals surface area contributed by atoms with E-state index in [9.17, 15) is 0 Å². The van der Waals surface area contributed by atoms with E-state index in [1.165, 1.54) is 27.7 Å². The summed E-state index contributed by atoms with van der Waals surface area (Å²) in [5.41, 5.74) is 1.30. The number of methoxy groups -OCH3 is 1. The maximum atomic E-state index is 5.36. The van der Waals surface area contributed by atoms with Crippen LogP contribution in [0.3, 0.4) is 0 Å². The van der Waals surface area contributed by atoms with Crippen LogP contribution >= 0.6 is 11.8 Å². The molecule has 1 aliphatic rings. The molecule has 0 fully saturated rings. The van der Waals surface area contributed by atoms with E-state index in [1.54, 1.807) is 7.11 Å². The van der Waals surface area contributed by atoms with Crippen LogP contribution in [0.1, 0.15) is 12.0 Å². The lowest BCUT2D eigenvalue weighted by Crippen LogP contribution is -2.09. The Kier molecular flexibility index (Phi) is 4.03. The molecule has 0 aromatic heterocycles. The molecular formula is C12H15OS2+. The van der Waals surface area contributed by atoms with Crippen LogP contribution in [0, 0.1) is 0 Å². The Morgan fingerprint density at radius 1 is 1.40 bits per heavy atom. The van der Waals surface area contributed by atoms with Crippen molar-refractivity contribution in [1.82, 2.24) is 0 Å². The topological polar surface area (TPSA) is 9.23 Å². The fourth-order valence-corrected chi connectivity index (χ4v) is 4.14. The van der Waals surface area contributed by atoms with Gasteiger partial charge in [-0.3, -0.25) is 0 Å². The number of thioether (sulfide) groups is 1. The quantitative estimate of drug-likeness (QED) is 0.592. The van der Waals surface area contributed by atoms with Gasteiger partial charge in [0.25, 0.3) is 0 Å². The Labute approximate surface area is 99.2 Å². The van der Waals surface area contributed by atoms with Crippen LogP contribution < -0.4 is 4.74 Å². The van der Waals surface area contributed by atoms with Gasteiger partial charge in [0.2, 0.25) is 4.20 Å². The monoisotopic (exact) mass is 239 g/mol. The first kappa shape index (κ1) is 11.0. The third-order valence-electron chi connectivity index (χ3n) is 2.34. The lowest BCUT2D eigenvalue weighted by molar-refractivity contribution is 0.411. The van der Waals surface area contributed by atoms with E-state index in [0.29, 0.717) is 0 Å². The summed E-state index contributed by atoms with van der Waals surface area (Å²) in [4.78, 5) is 0. The molecule has 0 bridgehead atoms. The van der Waals surface area contributed by atoms with E-state index in [1.807, 2.05) is 35.2 Å². The Morgan fingerprint density at radius 3 is 3.00 bits per heavy atom. The van der Waals surface area contributed by atoms with Crippen molar-refractivity contribution in [3.63, 3.8) is 0 Å². The fourth-order valence-electron chi connectivity index (χ4n) is 1.58. The molecule has 0 unspecified atom stereocenters. The normalized spacial score (nSPS) is 15.9. The van der Waals surface area contributed by atoms with Gasteiger partial charge >= 0.3 is 0 Å². The first-order chi connectivity index (χ1) is 7.40. The minimum Gasteiger partial charge on any atom is -0.496 e. The minimum atomic E-state index is 1.01. The van der Waals surface area contributed by atoms with Crippen LogP contribution in [0.4, 0.5) is 0 Å². The van der Waals surface area contributed by atoms with Gasteiger partial charge in [-0.15, -0.1) is 0 Å². The van der Waals surface area contributed by atoms with Gasteiger partial charge in [0.1, 0.15) is 5.75 Å². The number of ether oxygens (including phenoxy) is 1. The molecule has 80 valence electrons. The molecule has 0 N–H and O–H groups in total. The average Bonchev–Trinajstić information content (AvgIpc) is 2.31. The summed E-state index contributed by atoms with van der Waals surface area (Å²) in [6.45, 7) is 0. The smallest absolute Gasteiger partial charge is 0.239 e. The summed E-state index contributed by atoms with van der Waals surface area (Å²) >= 11 is 4.00. The Balaban J connectivity index is 2.12. The standard InChI is InChI=1S/C12H15OS2/c1-13-11-6-3-2-5-10(11)9-12-14-7-4-8-15-12/h2-3,5-6H,4,7-9H2,1H3/q+1. The number of benzene rings is 1. The van der Waals surface area contributed by atoms with Gasteiger partial charge in [0.05, 0.1) is 13.5 Å². The molecule has 0 spiro atoms. The molecule has 1 heterocycles. The van der Waals surface area contributed by atoms with E-state index in [4.69, 9.17) is 4.74 Å². The molecule has 1 aromatic carbocycles. The molecule has 0 radical (unpaired) electrons. The van der Waals surface area contributed by atoms with Crippen molar-refractivity contribution in [3.05, 3.63) is 29.8 Å². The van der Waals surface area contributed by atoms with Gasteiger partial charge in [0, 0.05) is 17.7 Å². The first-order valence-corrected chi connectivity index (χ1v) is 7.10. The molecule has 0 amide bonds. The van der Waals surface area contributed by atoms with Crippen LogP contribution in [-0.2, 0) is 17.8 Å². The summed E-state index contributed by atoms with van der Waals surface area (Å²) in [6, 6.07) is 8.29. The van der Waals surface area contributed by atoms with Crippen LogP contribution in [0.5, 0.6) is 5.75 Å². The molecule has 1 aliphatic heterocycles. The average molecular weight is 239 g/mol. The summed E-state index contributed by atoms with van der Waals surface area (Å²) in [5, 5.41) is 0. The molecular weight excluding hydrogens is 224 g/mol. The van der Waals surface area contributed by atoms with Crippen molar-refractivity contribution in [2.75, 3.05) is 18.6 Å². The molecule has 0 aliphatic carbocycles. The van der Waals surface area contributed by atoms with Crippen molar-refractivity contribution in [3.8, 4) is 5.75 Å². The van der Waals surface area contributed by atoms with Crippen molar-refractivity contribution in [2.45, 2.75) is 12.8 Å². The zero-order chi connectivity index (χ0) is 10.5. The summed E-state index contributed by atoms with van der Waals surface area (Å²) in [7, 11) is 1.74. The summed E-state index contributed by atoms with van der Waals surface area (Å²) in [5.74, 6) is 3.56. The second-order valence-corrected chi connectivity index (χ2v) is 6.05. The van der Waals surface area contributed by atoms with Crippen molar-refractivity contribution in [1.29, 1.82) is 0 Å². The summed E-state index contributed by atoms with van der Waals surface area (Å²) < 4.78 is 6.89. The molecule has 0 saturated carbocycles. The number of rotatable bonds is 3. The van der Waals surface area contributed by atoms with E-state index < -0.39 is 0 Å². The van der Waals surface area contributed by atoms with Gasteiger partial charge < -0.3 is 4.74 Å². The zero-order valence-electron chi connectivity index (χ0n) is 8.86. The van der Waals surface area contributed by atoms with E-state index in [-0.39, 0.29) is 0 Å². The maximum Gasteiger partial charge on any atom is 0.239 e.